The van der Waals surface area contributed by atoms with Crippen molar-refractivity contribution in [2.75, 3.05) is 0 Å². The van der Waals surface area contributed by atoms with Gasteiger partial charge in [-0.05, 0) is 12.8 Å². The monoisotopic (exact) mass is 158 g/mol. The minimum absolute atomic E-state index is 0.181. The van der Waals surface area contributed by atoms with E-state index in [1.807, 2.05) is 0 Å². The van der Waals surface area contributed by atoms with Crippen molar-refractivity contribution >= 4 is 5.97 Å². The van der Waals surface area contributed by atoms with Crippen molar-refractivity contribution in [3.8, 4) is 0 Å². The Balaban J connectivity index is 3.03. The molecule has 0 fully saturated rings. The topological polar surface area (TPSA) is 57.5 Å². The second-order valence-corrected chi connectivity index (χ2v) is 2.52. The minimum Gasteiger partial charge on any atom is -0.513 e. The Morgan fingerprint density at radius 1 is 1.09 bits per heavy atom. The van der Waals surface area contributed by atoms with E-state index < -0.39 is 5.97 Å². The molecule has 0 aromatic rings. The Bertz CT molecular complexity index is 124. The van der Waals surface area contributed by atoms with Gasteiger partial charge in [-0.25, -0.2) is 0 Å². The number of rotatable bonds is 6. The van der Waals surface area contributed by atoms with Gasteiger partial charge in [-0.15, -0.1) is 0 Å². The number of carboxylic acids is 1. The summed E-state index contributed by atoms with van der Waals surface area (Å²) in [4.78, 5) is 10.0. The molecule has 0 amide bonds. The average Bonchev–Trinajstić information content (AvgIpc) is 1.85. The maximum Gasteiger partial charge on any atom is 0.303 e. The molecule has 0 aliphatic heterocycles. The van der Waals surface area contributed by atoms with Crippen molar-refractivity contribution < 1.29 is 15.0 Å². The molecule has 0 rings (SSSR count). The van der Waals surface area contributed by atoms with Gasteiger partial charge in [0, 0.05) is 12.8 Å². The number of aliphatic hydroxyl groups excluding tert-OH is 1. The fraction of sp³-hybridized carbons (Fsp3) is 0.625. The minimum atomic E-state index is -0.757. The second kappa shape index (κ2) is 5.77. The van der Waals surface area contributed by atoms with E-state index in [-0.39, 0.29) is 12.2 Å². The number of allylic oxidation sites excluding steroid dienone is 1. The highest BCUT2D eigenvalue weighted by atomic mass is 16.4. The second-order valence-electron chi connectivity index (χ2n) is 2.52. The molecule has 0 saturated carbocycles. The van der Waals surface area contributed by atoms with Gasteiger partial charge in [0.2, 0.25) is 0 Å². The van der Waals surface area contributed by atoms with Crippen LogP contribution in [-0.4, -0.2) is 16.2 Å². The maximum absolute atomic E-state index is 10.0. The van der Waals surface area contributed by atoms with Gasteiger partial charge >= 0.3 is 5.97 Å². The Hall–Kier alpha value is -0.990. The van der Waals surface area contributed by atoms with Crippen LogP contribution in [0.1, 0.15) is 32.1 Å². The van der Waals surface area contributed by atoms with Crippen LogP contribution in [0.2, 0.25) is 0 Å². The molecule has 0 radical (unpaired) electrons. The van der Waals surface area contributed by atoms with Gasteiger partial charge in [0.25, 0.3) is 0 Å². The first-order chi connectivity index (χ1) is 5.13. The van der Waals surface area contributed by atoms with E-state index in [4.69, 9.17) is 10.2 Å². The van der Waals surface area contributed by atoms with Gasteiger partial charge < -0.3 is 10.2 Å². The number of unbranched alkanes of at least 4 members (excludes halogenated alkanes) is 2. The predicted molar refractivity (Wildman–Crippen MR) is 42.5 cm³/mol. The lowest BCUT2D eigenvalue weighted by atomic mass is 10.1. The lowest BCUT2D eigenvalue weighted by Gasteiger charge is -1.97. The Morgan fingerprint density at radius 3 is 2.09 bits per heavy atom. The summed E-state index contributed by atoms with van der Waals surface area (Å²) >= 11 is 0. The van der Waals surface area contributed by atoms with Crippen LogP contribution in [0.5, 0.6) is 0 Å². The molecule has 0 heterocycles. The van der Waals surface area contributed by atoms with Crippen LogP contribution in [-0.2, 0) is 4.79 Å². The molecular weight excluding hydrogens is 144 g/mol. The molecule has 0 aliphatic rings. The highest BCUT2D eigenvalue weighted by Crippen LogP contribution is 2.05. The van der Waals surface area contributed by atoms with E-state index >= 15 is 0 Å². The smallest absolute Gasteiger partial charge is 0.303 e. The van der Waals surface area contributed by atoms with Crippen LogP contribution in [0, 0.1) is 0 Å². The molecule has 0 spiro atoms. The summed E-state index contributed by atoms with van der Waals surface area (Å²) in [6.45, 7) is 3.33. The van der Waals surface area contributed by atoms with Gasteiger partial charge in [-0.3, -0.25) is 4.79 Å². The Kier molecular flexibility index (Phi) is 5.25. The summed E-state index contributed by atoms with van der Waals surface area (Å²) in [5.74, 6) is -0.576. The first-order valence-corrected chi connectivity index (χ1v) is 3.71. The van der Waals surface area contributed by atoms with Crippen LogP contribution in [0.25, 0.3) is 0 Å². The number of carboxylic acid groups (broad SMARTS) is 1. The summed E-state index contributed by atoms with van der Waals surface area (Å²) < 4.78 is 0. The van der Waals surface area contributed by atoms with Gasteiger partial charge in [0.15, 0.2) is 0 Å². The molecule has 0 atom stereocenters. The van der Waals surface area contributed by atoms with E-state index in [1.54, 1.807) is 0 Å². The lowest BCUT2D eigenvalue weighted by Crippen LogP contribution is -1.93. The average molecular weight is 158 g/mol. The third-order valence-electron chi connectivity index (χ3n) is 1.36. The summed E-state index contributed by atoms with van der Waals surface area (Å²) in [7, 11) is 0. The van der Waals surface area contributed by atoms with Crippen LogP contribution >= 0.6 is 0 Å². The van der Waals surface area contributed by atoms with Gasteiger partial charge in [-0.2, -0.15) is 0 Å². The van der Waals surface area contributed by atoms with Gasteiger partial charge in [-0.1, -0.05) is 13.0 Å². The number of carbonyl (C=O) groups is 1. The van der Waals surface area contributed by atoms with Crippen molar-refractivity contribution in [3.05, 3.63) is 12.3 Å². The molecule has 0 saturated heterocycles. The van der Waals surface area contributed by atoms with E-state index in [9.17, 15) is 4.79 Å². The first kappa shape index (κ1) is 10.0. The zero-order valence-corrected chi connectivity index (χ0v) is 6.55. The van der Waals surface area contributed by atoms with Crippen LogP contribution in [0.3, 0.4) is 0 Å². The molecule has 0 aromatic heterocycles. The molecule has 11 heavy (non-hydrogen) atoms. The molecular formula is C8H14O3. The molecule has 3 heteroatoms. The van der Waals surface area contributed by atoms with Gasteiger partial charge in [0.05, 0.1) is 5.76 Å². The zero-order valence-electron chi connectivity index (χ0n) is 6.55. The molecule has 0 aliphatic carbocycles. The molecule has 64 valence electrons. The van der Waals surface area contributed by atoms with E-state index in [0.29, 0.717) is 12.8 Å². The van der Waals surface area contributed by atoms with Crippen molar-refractivity contribution in [2.24, 2.45) is 0 Å². The standard InChI is InChI=1S/C8H14O3/c1-7(9)5-3-2-4-6-8(10)11/h9H,1-6H2,(H,10,11). The predicted octanol–water partition coefficient (Wildman–Crippen LogP) is 2.09. The molecule has 3 nitrogen and oxygen atoms in total. The summed E-state index contributed by atoms with van der Waals surface area (Å²) in [6, 6.07) is 0. The first-order valence-electron chi connectivity index (χ1n) is 3.71. The van der Waals surface area contributed by atoms with Crippen molar-refractivity contribution in [3.63, 3.8) is 0 Å². The maximum atomic E-state index is 10.0. The third-order valence-corrected chi connectivity index (χ3v) is 1.36. The Morgan fingerprint density at radius 2 is 1.64 bits per heavy atom. The molecule has 0 unspecified atom stereocenters. The third kappa shape index (κ3) is 9.01. The van der Waals surface area contributed by atoms with E-state index in [2.05, 4.69) is 6.58 Å². The SMILES string of the molecule is C=C(O)CCCCCC(=O)O. The van der Waals surface area contributed by atoms with Crippen molar-refractivity contribution in [1.29, 1.82) is 0 Å². The number of aliphatic carboxylic acids is 1. The summed E-state index contributed by atoms with van der Waals surface area (Å²) in [6.07, 6.45) is 3.15. The number of hydrogen-bond acceptors (Lipinski definition) is 2. The van der Waals surface area contributed by atoms with Crippen LogP contribution in [0.15, 0.2) is 12.3 Å². The highest BCUT2D eigenvalue weighted by Gasteiger charge is 1.96. The summed E-state index contributed by atoms with van der Waals surface area (Å²) in [5, 5.41) is 16.9. The Labute approximate surface area is 66.4 Å². The lowest BCUT2D eigenvalue weighted by molar-refractivity contribution is -0.137. The van der Waals surface area contributed by atoms with Crippen LogP contribution < -0.4 is 0 Å². The van der Waals surface area contributed by atoms with Crippen molar-refractivity contribution in [2.45, 2.75) is 32.1 Å². The molecule has 2 N–H and O–H groups in total. The largest absolute Gasteiger partial charge is 0.513 e. The van der Waals surface area contributed by atoms with Gasteiger partial charge in [0.1, 0.15) is 0 Å². The highest BCUT2D eigenvalue weighted by molar-refractivity contribution is 5.66. The number of hydrogen-bond donors (Lipinski definition) is 2. The van der Waals surface area contributed by atoms with Crippen LogP contribution in [0.4, 0.5) is 0 Å². The summed E-state index contributed by atoms with van der Waals surface area (Å²) in [5.41, 5.74) is 0. The van der Waals surface area contributed by atoms with E-state index in [1.165, 1.54) is 0 Å². The fourth-order valence-corrected chi connectivity index (χ4v) is 0.782. The molecule has 0 aromatic carbocycles. The normalized spacial score (nSPS) is 9.45. The number of aliphatic hydroxyl groups is 1. The fourth-order valence-electron chi connectivity index (χ4n) is 0.782. The van der Waals surface area contributed by atoms with E-state index in [0.717, 1.165) is 12.8 Å². The molecule has 0 bridgehead atoms. The quantitative estimate of drug-likeness (QED) is 0.459. The zero-order chi connectivity index (χ0) is 8.69. The van der Waals surface area contributed by atoms with Crippen molar-refractivity contribution in [1.82, 2.24) is 0 Å².